The van der Waals surface area contributed by atoms with E-state index in [-0.39, 0.29) is 132 Å². The molecule has 0 aliphatic carbocycles. The van der Waals surface area contributed by atoms with Gasteiger partial charge < -0.3 is 19.8 Å². The lowest BCUT2D eigenvalue weighted by atomic mass is 10.1. The van der Waals surface area contributed by atoms with Crippen molar-refractivity contribution in [3.8, 4) is 23.4 Å². The summed E-state index contributed by atoms with van der Waals surface area (Å²) in [5.41, 5.74) is -0.533. The number of pyridine rings is 1. The van der Waals surface area contributed by atoms with Crippen LogP contribution in [0.15, 0.2) is 111 Å². The Balaban J connectivity index is 0.00000212. The number of halogens is 1. The molecule has 0 atom stereocenters. The van der Waals surface area contributed by atoms with Crippen molar-refractivity contribution < 1.29 is 111 Å². The Morgan fingerprint density at radius 2 is 1.35 bits per heavy atom. The van der Waals surface area contributed by atoms with Crippen LogP contribution in [-0.4, -0.2) is 130 Å². The van der Waals surface area contributed by atoms with Gasteiger partial charge in [-0.05, 0) is 62.2 Å². The zero-order valence-electron chi connectivity index (χ0n) is 44.2. The highest BCUT2D eigenvalue weighted by Crippen LogP contribution is 2.50. The van der Waals surface area contributed by atoms with Gasteiger partial charge in [-0.1, -0.05) is 50.2 Å². The van der Waals surface area contributed by atoms with E-state index in [2.05, 4.69) is 68.8 Å². The van der Waals surface area contributed by atoms with E-state index in [1.54, 1.807) is 29.2 Å². The van der Waals surface area contributed by atoms with Gasteiger partial charge in [0, 0.05) is 53.3 Å². The number of fused-ring (bicyclic) bond motifs is 5. The first-order valence-electron chi connectivity index (χ1n) is 23.5. The lowest BCUT2D eigenvalue weighted by molar-refractivity contribution is -0.432. The maximum Gasteiger partial charge on any atom is 0.297 e. The second kappa shape index (κ2) is 29.3. The van der Waals surface area contributed by atoms with E-state index in [4.69, 9.17) is 31.4 Å². The van der Waals surface area contributed by atoms with Crippen LogP contribution in [0.3, 0.4) is 0 Å². The highest BCUT2D eigenvalue weighted by molar-refractivity contribution is 7.95. The van der Waals surface area contributed by atoms with E-state index < -0.39 is 89.4 Å². The van der Waals surface area contributed by atoms with Crippen LogP contribution in [-0.2, 0) is 68.6 Å². The minimum absolute atomic E-state index is 0.00331. The molecule has 0 aliphatic heterocycles. The maximum absolute atomic E-state index is 13.3. The molecule has 3 heterocycles. The number of nitriles is 1. The summed E-state index contributed by atoms with van der Waals surface area (Å²) in [5, 5.41) is 95.0. The van der Waals surface area contributed by atoms with Crippen molar-refractivity contribution in [2.75, 3.05) is 42.9 Å². The van der Waals surface area contributed by atoms with E-state index in [1.807, 2.05) is 6.07 Å². The third kappa shape index (κ3) is 16.8. The zero-order chi connectivity index (χ0) is 64.5. The number of ether oxygens (including phenoxy) is 1. The van der Waals surface area contributed by atoms with Gasteiger partial charge >= 0.3 is 0 Å². The SMILES string of the molecule is COc1cc(N=Nc2c(SOOO)cc3c(S(=O)(=O)O)c(N=Nc4c(C)c(C#N)c5nc6ccccc6n5c4O)ccc3c2O)c(N(CCCSOOO)CCCS(=O)(=O)O)cc1N=Nc1nc2cc(SOOO)c(Cl)c(S(=O)(=O)O)c2s1.CS(=O)(=O)O. The second-order valence-electron chi connectivity index (χ2n) is 17.2. The second-order valence-corrected chi connectivity index (χ2v) is 26.6. The largest absolute Gasteiger partial charge is 0.505 e. The van der Waals surface area contributed by atoms with Crippen LogP contribution < -0.4 is 9.64 Å². The molecule has 3 aromatic heterocycles. The predicted octanol–water partition coefficient (Wildman–Crippen LogP) is 11.1. The zero-order valence-corrected chi connectivity index (χ0v) is 51.5. The van der Waals surface area contributed by atoms with Crippen molar-refractivity contribution in [1.82, 2.24) is 14.4 Å². The molecule has 9 N–H and O–H groups in total. The van der Waals surface area contributed by atoms with Gasteiger partial charge in [0.1, 0.15) is 49.9 Å². The number of aromatic nitrogens is 3. The van der Waals surface area contributed by atoms with Crippen molar-refractivity contribution >= 4 is 176 Å². The highest BCUT2D eigenvalue weighted by Gasteiger charge is 2.29. The number of azo groups is 3. The summed E-state index contributed by atoms with van der Waals surface area (Å²) < 4.78 is 152. The van der Waals surface area contributed by atoms with Crippen LogP contribution in [0.4, 0.5) is 39.3 Å². The van der Waals surface area contributed by atoms with Crippen LogP contribution in [0.1, 0.15) is 24.0 Å². The Morgan fingerprint density at radius 3 is 1.99 bits per heavy atom. The average Bonchev–Trinajstić information content (AvgIpc) is 1.62. The molecule has 44 heteroatoms. The summed E-state index contributed by atoms with van der Waals surface area (Å²) in [4.78, 5) is 8.04. The smallest absolute Gasteiger partial charge is 0.297 e. The number of phenols is 1. The molecule has 470 valence electrons. The molecule has 0 saturated carbocycles. The molecule has 5 aromatic carbocycles. The first kappa shape index (κ1) is 68.8. The minimum Gasteiger partial charge on any atom is -0.505 e. The Morgan fingerprint density at radius 1 is 0.727 bits per heavy atom. The molecule has 0 aliphatic rings. The molecule has 35 nitrogen and oxygen atoms in total. The Labute approximate surface area is 516 Å². The number of aromatic hydroxyl groups is 2. The fourth-order valence-corrected chi connectivity index (χ4v) is 13.3. The van der Waals surface area contributed by atoms with Gasteiger partial charge in [-0.15, -0.1) is 43.7 Å². The van der Waals surface area contributed by atoms with Crippen molar-refractivity contribution in [3.63, 3.8) is 0 Å². The van der Waals surface area contributed by atoms with Gasteiger partial charge in [0.25, 0.3) is 40.5 Å². The number of phenolic OH excluding ortho intramolecular Hbond substituents is 1. The molecule has 8 aromatic rings. The Hall–Kier alpha value is -6.69. The van der Waals surface area contributed by atoms with Gasteiger partial charge in [0.05, 0.1) is 85.0 Å². The van der Waals surface area contributed by atoms with Crippen molar-refractivity contribution in [2.24, 2.45) is 30.7 Å². The first-order chi connectivity index (χ1) is 41.5. The molecule has 0 saturated heterocycles. The van der Waals surface area contributed by atoms with Crippen LogP contribution in [0, 0.1) is 18.3 Å². The van der Waals surface area contributed by atoms with Gasteiger partial charge in [-0.2, -0.15) is 38.9 Å². The number of anilines is 1. The molecule has 0 bridgehead atoms. The molecule has 0 fully saturated rings. The summed E-state index contributed by atoms with van der Waals surface area (Å²) in [6, 6.07) is 15.8. The van der Waals surface area contributed by atoms with Crippen LogP contribution in [0.25, 0.3) is 37.7 Å². The molecule has 0 amide bonds. The van der Waals surface area contributed by atoms with Gasteiger partial charge in [-0.3, -0.25) is 22.6 Å². The number of thiazole rings is 1. The number of methoxy groups -OCH3 is 1. The first-order valence-corrected chi connectivity index (χ1v) is 33.4. The topological polar surface area (TPSA) is 515 Å². The monoisotopic (exact) mass is 1400 g/mol. The lowest BCUT2D eigenvalue weighted by Gasteiger charge is -2.26. The lowest BCUT2D eigenvalue weighted by Crippen LogP contribution is -2.27. The normalized spacial score (nSPS) is 12.6. The van der Waals surface area contributed by atoms with Gasteiger partial charge in [0.2, 0.25) is 11.0 Å². The minimum atomic E-state index is -5.33. The van der Waals surface area contributed by atoms with E-state index in [0.29, 0.717) is 40.7 Å². The number of rotatable bonds is 26. The van der Waals surface area contributed by atoms with Crippen LogP contribution in [0.5, 0.6) is 17.4 Å². The summed E-state index contributed by atoms with van der Waals surface area (Å²) in [6.45, 7) is 1.33. The third-order valence-corrected chi connectivity index (χ3v) is 17.8. The Bertz CT molecular complexity index is 4580. The number of imidazole rings is 1. The predicted molar refractivity (Wildman–Crippen MR) is 313 cm³/mol. The molecule has 0 unspecified atom stereocenters. The third-order valence-electron chi connectivity index (χ3n) is 11.5. The van der Waals surface area contributed by atoms with E-state index in [0.717, 1.165) is 12.1 Å². The number of hydrogen-bond donors (Lipinski definition) is 9. The maximum atomic E-state index is 13.3. The molecule has 8 rings (SSSR count). The van der Waals surface area contributed by atoms with Gasteiger partial charge in [-0.25, -0.2) is 25.7 Å². The van der Waals surface area contributed by atoms with Crippen molar-refractivity contribution in [3.05, 3.63) is 76.8 Å². The summed E-state index contributed by atoms with van der Waals surface area (Å²) in [6.07, 6.45) is 0.719. The number of nitrogens with zero attached hydrogens (tertiary/aromatic N) is 11. The quantitative estimate of drug-likeness (QED) is 0.00607. The van der Waals surface area contributed by atoms with Crippen LogP contribution >= 0.6 is 59.1 Å². The van der Waals surface area contributed by atoms with E-state index >= 15 is 0 Å². The molecular formula is C44H40ClN11O24S8. The molecule has 0 radical (unpaired) electrons. The average molecular weight is 1400 g/mol. The fourth-order valence-electron chi connectivity index (χ4n) is 8.12. The standard InChI is InChI=1S/C43H36ClN11O21S7.CH4O3S/c1-20-23(19-45)41-46-24-7-3-4-8-29(24)55(41)42(57)35(20)51-48-25-10-9-21-22(39(25)82(64,65)66)15-33(80-76-73-60)36(37(21)56)52-49-26-17-31(70-2)27(16-30(26)54(11-5-13-77-74-71-58)12-6-14-81(61,62)63)50-53-43-47-28-18-32(79-75-72-59)34(44)40(38(28)78-43)83(67,68)69;1-5(2,3)4/h3-4,7-10,15-18,56-60H,5-6,11-14H2,1-2H3,(H,61,62,63)(H,64,65,66)(H,67,68,69);1H3,(H,2,3,4). The van der Waals surface area contributed by atoms with Crippen molar-refractivity contribution in [1.29, 1.82) is 5.26 Å². The number of para-hydroxylation sites is 2. The van der Waals surface area contributed by atoms with E-state index in [9.17, 15) is 68.1 Å². The highest BCUT2D eigenvalue weighted by atomic mass is 35.5. The van der Waals surface area contributed by atoms with Gasteiger partial charge in [0.15, 0.2) is 17.1 Å². The summed E-state index contributed by atoms with van der Waals surface area (Å²) in [5.74, 6) is -2.02. The summed E-state index contributed by atoms with van der Waals surface area (Å²) >= 11 is 8.05. The molecule has 0 spiro atoms. The molecular weight excluding hydrogens is 1360 g/mol. The van der Waals surface area contributed by atoms with Crippen LogP contribution in [0.2, 0.25) is 5.02 Å². The number of benzene rings is 5. The molecule has 88 heavy (non-hydrogen) atoms. The Kier molecular flexibility index (Phi) is 22.9. The van der Waals surface area contributed by atoms with E-state index in [1.165, 1.54) is 42.7 Å². The fraction of sp³-hybridized carbons (Fsp3) is 0.205. The van der Waals surface area contributed by atoms with Crippen molar-refractivity contribution in [2.45, 2.75) is 39.3 Å². The number of hydrogen-bond acceptors (Lipinski definition) is 34. The summed E-state index contributed by atoms with van der Waals surface area (Å²) in [7, 11) is -17.3.